The van der Waals surface area contributed by atoms with Gasteiger partial charge in [0, 0.05) is 5.39 Å². The fraction of sp³-hybridized carbons (Fsp3) is 0.0625. The van der Waals surface area contributed by atoms with Gasteiger partial charge in [0.2, 0.25) is 0 Å². The number of thiophene rings is 1. The number of para-hydroxylation sites is 1. The predicted octanol–water partition coefficient (Wildman–Crippen LogP) is 3.58. The minimum atomic E-state index is -0.552. The minimum absolute atomic E-state index is 0.131. The van der Waals surface area contributed by atoms with Crippen molar-refractivity contribution in [3.05, 3.63) is 52.2 Å². The van der Waals surface area contributed by atoms with Crippen LogP contribution >= 0.6 is 11.3 Å². The van der Waals surface area contributed by atoms with E-state index < -0.39 is 5.63 Å². The molecule has 1 aromatic carbocycles. The Labute approximate surface area is 134 Å². The highest BCUT2D eigenvalue weighted by Crippen LogP contribution is 2.29. The summed E-state index contributed by atoms with van der Waals surface area (Å²) in [6.45, 7) is 0. The molecule has 0 N–H and O–H groups in total. The summed E-state index contributed by atoms with van der Waals surface area (Å²) in [6.07, 6.45) is 0. The zero-order valence-electron chi connectivity index (χ0n) is 12.0. The van der Waals surface area contributed by atoms with Gasteiger partial charge in [0.05, 0.1) is 12.0 Å². The second-order valence-corrected chi connectivity index (χ2v) is 5.66. The van der Waals surface area contributed by atoms with E-state index in [1.54, 1.807) is 12.1 Å². The molecule has 0 radical (unpaired) electrons. The number of hydrogen-bond donors (Lipinski definition) is 0. The molecule has 0 aliphatic heterocycles. The lowest BCUT2D eigenvalue weighted by atomic mass is 10.2. The first kappa shape index (κ1) is 13.7. The molecular formula is C16H10N2O4S. The topological polar surface area (TPSA) is 78.4 Å². The smallest absolute Gasteiger partial charge is 0.349 e. The van der Waals surface area contributed by atoms with Gasteiger partial charge >= 0.3 is 5.63 Å². The molecule has 0 atom stereocenters. The van der Waals surface area contributed by atoms with Crippen molar-refractivity contribution in [3.63, 3.8) is 0 Å². The number of methoxy groups -OCH3 is 1. The van der Waals surface area contributed by atoms with Crippen LogP contribution in [0.4, 0.5) is 0 Å². The summed E-state index contributed by atoms with van der Waals surface area (Å²) < 4.78 is 16.2. The Morgan fingerprint density at radius 2 is 1.96 bits per heavy atom. The lowest BCUT2D eigenvalue weighted by Gasteiger charge is -2.03. The van der Waals surface area contributed by atoms with Crippen molar-refractivity contribution in [2.45, 2.75) is 0 Å². The number of aromatic nitrogens is 2. The Balaban J connectivity index is 1.86. The van der Waals surface area contributed by atoms with Gasteiger partial charge in [0.25, 0.3) is 11.8 Å². The van der Waals surface area contributed by atoms with Crippen molar-refractivity contribution in [2.75, 3.05) is 7.11 Å². The van der Waals surface area contributed by atoms with Crippen LogP contribution in [-0.4, -0.2) is 17.3 Å². The zero-order chi connectivity index (χ0) is 15.8. The van der Waals surface area contributed by atoms with E-state index in [1.807, 2.05) is 29.6 Å². The number of nitrogens with zero attached hydrogens (tertiary/aromatic N) is 2. The van der Waals surface area contributed by atoms with Gasteiger partial charge in [-0.25, -0.2) is 4.79 Å². The molecule has 0 aliphatic rings. The van der Waals surface area contributed by atoms with E-state index in [2.05, 4.69) is 10.2 Å². The molecule has 0 fully saturated rings. The summed E-state index contributed by atoms with van der Waals surface area (Å²) in [5, 5.41) is 10.6. The quantitative estimate of drug-likeness (QED) is 0.535. The molecular weight excluding hydrogens is 316 g/mol. The van der Waals surface area contributed by atoms with E-state index in [1.165, 1.54) is 18.4 Å². The van der Waals surface area contributed by atoms with E-state index in [0.29, 0.717) is 17.2 Å². The average Bonchev–Trinajstić information content (AvgIpc) is 3.24. The fourth-order valence-electron chi connectivity index (χ4n) is 2.26. The van der Waals surface area contributed by atoms with E-state index >= 15 is 0 Å². The second kappa shape index (κ2) is 5.36. The highest BCUT2D eigenvalue weighted by Gasteiger charge is 2.17. The van der Waals surface area contributed by atoms with Gasteiger partial charge in [-0.3, -0.25) is 0 Å². The van der Waals surface area contributed by atoms with Crippen LogP contribution in [0.25, 0.3) is 33.2 Å². The maximum atomic E-state index is 12.3. The third-order valence-corrected chi connectivity index (χ3v) is 4.19. The maximum absolute atomic E-state index is 12.3. The first-order valence-corrected chi connectivity index (χ1v) is 7.63. The molecule has 7 heteroatoms. The van der Waals surface area contributed by atoms with Crippen molar-refractivity contribution < 1.29 is 13.6 Å². The van der Waals surface area contributed by atoms with Gasteiger partial charge in [-0.1, -0.05) is 18.2 Å². The average molecular weight is 326 g/mol. The Morgan fingerprint density at radius 3 is 2.74 bits per heavy atom. The molecule has 0 bridgehead atoms. The van der Waals surface area contributed by atoms with Gasteiger partial charge in [0.15, 0.2) is 11.3 Å². The summed E-state index contributed by atoms with van der Waals surface area (Å²) in [5.74, 6) is 1.00. The van der Waals surface area contributed by atoms with Gasteiger partial charge in [0.1, 0.15) is 5.56 Å². The van der Waals surface area contributed by atoms with Crippen molar-refractivity contribution in [2.24, 2.45) is 0 Å². The Morgan fingerprint density at radius 1 is 1.09 bits per heavy atom. The van der Waals surface area contributed by atoms with E-state index in [9.17, 15) is 4.79 Å². The highest BCUT2D eigenvalue weighted by molar-refractivity contribution is 7.13. The van der Waals surface area contributed by atoms with Crippen LogP contribution in [0.1, 0.15) is 0 Å². The molecule has 0 saturated heterocycles. The van der Waals surface area contributed by atoms with E-state index in [0.717, 1.165) is 10.3 Å². The third kappa shape index (κ3) is 2.31. The Kier molecular flexibility index (Phi) is 3.20. The van der Waals surface area contributed by atoms with Crippen molar-refractivity contribution in [1.82, 2.24) is 10.2 Å². The molecule has 0 amide bonds. The highest BCUT2D eigenvalue weighted by atomic mass is 32.1. The molecule has 0 aliphatic carbocycles. The molecule has 4 rings (SSSR count). The Bertz CT molecular complexity index is 1030. The van der Waals surface area contributed by atoms with Crippen molar-refractivity contribution in [3.8, 4) is 28.0 Å². The van der Waals surface area contributed by atoms with Crippen LogP contribution in [0.3, 0.4) is 0 Å². The molecule has 4 aromatic rings. The lowest BCUT2D eigenvalue weighted by Crippen LogP contribution is -2.03. The van der Waals surface area contributed by atoms with E-state index in [4.69, 9.17) is 13.6 Å². The second-order valence-electron chi connectivity index (χ2n) is 4.72. The van der Waals surface area contributed by atoms with Gasteiger partial charge < -0.3 is 13.6 Å². The van der Waals surface area contributed by atoms with E-state index in [-0.39, 0.29) is 11.5 Å². The van der Waals surface area contributed by atoms with Crippen LogP contribution < -0.4 is 10.4 Å². The first-order valence-electron chi connectivity index (χ1n) is 6.75. The van der Waals surface area contributed by atoms with Crippen LogP contribution in [0, 0.1) is 0 Å². The monoisotopic (exact) mass is 326 g/mol. The molecule has 114 valence electrons. The molecule has 23 heavy (non-hydrogen) atoms. The summed E-state index contributed by atoms with van der Waals surface area (Å²) in [5.41, 5.74) is 0.0613. The minimum Gasteiger partial charge on any atom is -0.493 e. The number of fused-ring (bicyclic) bond motifs is 1. The Hall–Kier alpha value is -2.93. The van der Waals surface area contributed by atoms with Crippen LogP contribution in [0.5, 0.6) is 5.75 Å². The first-order chi connectivity index (χ1) is 11.3. The fourth-order valence-corrected chi connectivity index (χ4v) is 2.90. The number of ether oxygens (including phenoxy) is 1. The lowest BCUT2D eigenvalue weighted by molar-refractivity contribution is 0.406. The van der Waals surface area contributed by atoms with Gasteiger partial charge in [-0.15, -0.1) is 21.5 Å². The number of rotatable bonds is 3. The SMILES string of the molecule is COc1cccc2cc(-c3nnc(-c4cccs4)o3)c(=O)oc12. The third-order valence-electron chi connectivity index (χ3n) is 3.33. The standard InChI is InChI=1S/C16H10N2O4S/c1-20-11-5-2-4-9-8-10(16(19)21-13(9)11)14-17-18-15(22-14)12-6-3-7-23-12/h2-8H,1H3. The van der Waals surface area contributed by atoms with Crippen LogP contribution in [-0.2, 0) is 0 Å². The largest absolute Gasteiger partial charge is 0.493 e. The van der Waals surface area contributed by atoms with Crippen molar-refractivity contribution in [1.29, 1.82) is 0 Å². The molecule has 6 nitrogen and oxygen atoms in total. The summed E-state index contributed by atoms with van der Waals surface area (Å²) in [7, 11) is 1.52. The normalized spacial score (nSPS) is 11.0. The maximum Gasteiger partial charge on any atom is 0.349 e. The summed E-state index contributed by atoms with van der Waals surface area (Å²) in [4.78, 5) is 13.1. The molecule has 3 aromatic heterocycles. The number of hydrogen-bond acceptors (Lipinski definition) is 7. The summed E-state index contributed by atoms with van der Waals surface area (Å²) >= 11 is 1.48. The van der Waals surface area contributed by atoms with Crippen LogP contribution in [0.15, 0.2) is 55.4 Å². The number of benzene rings is 1. The van der Waals surface area contributed by atoms with Gasteiger partial charge in [-0.05, 0) is 23.6 Å². The molecule has 0 saturated carbocycles. The zero-order valence-corrected chi connectivity index (χ0v) is 12.8. The van der Waals surface area contributed by atoms with Gasteiger partial charge in [-0.2, -0.15) is 0 Å². The molecule has 3 heterocycles. The van der Waals surface area contributed by atoms with Crippen molar-refractivity contribution >= 4 is 22.3 Å². The molecule has 0 spiro atoms. The summed E-state index contributed by atoms with van der Waals surface area (Å²) in [6, 6.07) is 10.8. The predicted molar refractivity (Wildman–Crippen MR) is 85.6 cm³/mol. The molecule has 0 unspecified atom stereocenters. The van der Waals surface area contributed by atoms with Crippen LogP contribution in [0.2, 0.25) is 0 Å².